The van der Waals surface area contributed by atoms with Crippen LogP contribution in [0.2, 0.25) is 0 Å². The summed E-state index contributed by atoms with van der Waals surface area (Å²) in [5.41, 5.74) is 0.609. The molecule has 1 aromatic heterocycles. The number of aliphatic hydroxyl groups excluding tert-OH is 1. The molecule has 0 bridgehead atoms. The number of anilines is 1. The van der Waals surface area contributed by atoms with Crippen molar-refractivity contribution in [3.05, 3.63) is 11.8 Å². The molecule has 1 amide bonds. The number of amides is 1. The van der Waals surface area contributed by atoms with Crippen LogP contribution >= 0.6 is 0 Å². The van der Waals surface area contributed by atoms with Crippen molar-refractivity contribution in [2.45, 2.75) is 78.9 Å². The zero-order valence-electron chi connectivity index (χ0n) is 15.2. The van der Waals surface area contributed by atoms with Gasteiger partial charge < -0.3 is 10.4 Å². The van der Waals surface area contributed by atoms with Crippen molar-refractivity contribution in [3.8, 4) is 0 Å². The summed E-state index contributed by atoms with van der Waals surface area (Å²) in [6, 6.07) is 1.92. The topological polar surface area (TPSA) is 67.2 Å². The molecule has 1 aromatic rings. The van der Waals surface area contributed by atoms with Crippen LogP contribution in [0.5, 0.6) is 0 Å². The second-order valence-corrected chi connectivity index (χ2v) is 8.31. The second-order valence-electron chi connectivity index (χ2n) is 8.31. The molecular formula is C17H31N3O2. The highest BCUT2D eigenvalue weighted by atomic mass is 16.3. The molecule has 5 heteroatoms. The Hall–Kier alpha value is -1.36. The average molecular weight is 309 g/mol. The summed E-state index contributed by atoms with van der Waals surface area (Å²) in [6.07, 6.45) is -0.536. The Morgan fingerprint density at radius 2 is 1.82 bits per heavy atom. The van der Waals surface area contributed by atoms with Crippen LogP contribution in [0.4, 0.5) is 5.82 Å². The first-order chi connectivity index (χ1) is 9.82. The molecule has 0 fully saturated rings. The molecule has 1 unspecified atom stereocenters. The summed E-state index contributed by atoms with van der Waals surface area (Å²) in [4.78, 5) is 12.2. The predicted octanol–water partition coefficient (Wildman–Crippen LogP) is 3.28. The molecule has 0 aromatic carbocycles. The van der Waals surface area contributed by atoms with Crippen LogP contribution < -0.4 is 5.32 Å². The van der Waals surface area contributed by atoms with E-state index in [1.165, 1.54) is 0 Å². The van der Waals surface area contributed by atoms with Gasteiger partial charge in [0.2, 0.25) is 5.91 Å². The smallest absolute Gasteiger partial charge is 0.228 e. The highest BCUT2D eigenvalue weighted by Gasteiger charge is 2.26. The van der Waals surface area contributed by atoms with E-state index in [1.807, 2.05) is 45.4 Å². The van der Waals surface area contributed by atoms with Gasteiger partial charge in [0, 0.05) is 11.5 Å². The van der Waals surface area contributed by atoms with Crippen molar-refractivity contribution in [2.75, 3.05) is 5.32 Å². The molecule has 0 spiro atoms. The van der Waals surface area contributed by atoms with Crippen LogP contribution in [-0.4, -0.2) is 26.9 Å². The van der Waals surface area contributed by atoms with Crippen LogP contribution in [-0.2, 0) is 15.7 Å². The largest absolute Gasteiger partial charge is 0.392 e. The Bertz CT molecular complexity index is 519. The molecule has 0 aliphatic rings. The van der Waals surface area contributed by atoms with Crippen molar-refractivity contribution < 1.29 is 9.90 Å². The number of aliphatic hydroxyl groups is 1. The Balaban J connectivity index is 3.03. The molecule has 0 saturated heterocycles. The third-order valence-electron chi connectivity index (χ3n) is 3.54. The fraction of sp³-hybridized carbons (Fsp3) is 0.765. The number of nitrogens with zero attached hydrogens (tertiary/aromatic N) is 2. The molecular weight excluding hydrogens is 278 g/mol. The number of hydrogen-bond acceptors (Lipinski definition) is 3. The van der Waals surface area contributed by atoms with Gasteiger partial charge in [-0.15, -0.1) is 0 Å². The van der Waals surface area contributed by atoms with Crippen molar-refractivity contribution >= 4 is 11.7 Å². The number of nitrogens with one attached hydrogen (secondary N) is 1. The summed E-state index contributed by atoms with van der Waals surface area (Å²) in [5, 5.41) is 17.4. The zero-order chi connectivity index (χ0) is 17.3. The maximum Gasteiger partial charge on any atom is 0.228 e. The summed E-state index contributed by atoms with van der Waals surface area (Å²) in [6.45, 7) is 16.2. The van der Waals surface area contributed by atoms with E-state index in [0.29, 0.717) is 5.82 Å². The van der Waals surface area contributed by atoms with E-state index in [4.69, 9.17) is 0 Å². The summed E-state index contributed by atoms with van der Waals surface area (Å²) < 4.78 is 1.84. The average Bonchev–Trinajstić information content (AvgIpc) is 2.71. The van der Waals surface area contributed by atoms with E-state index in [2.05, 4.69) is 31.2 Å². The number of rotatable bonds is 4. The highest BCUT2D eigenvalue weighted by Crippen LogP contribution is 2.28. The van der Waals surface area contributed by atoms with Crippen LogP contribution in [0.1, 0.15) is 67.5 Å². The minimum atomic E-state index is -0.631. The van der Waals surface area contributed by atoms with E-state index in [0.717, 1.165) is 5.69 Å². The predicted molar refractivity (Wildman–Crippen MR) is 90.0 cm³/mol. The molecule has 22 heavy (non-hydrogen) atoms. The fourth-order valence-electron chi connectivity index (χ4n) is 1.97. The number of aromatic nitrogens is 2. The molecule has 0 aliphatic heterocycles. The summed E-state index contributed by atoms with van der Waals surface area (Å²) >= 11 is 0. The highest BCUT2D eigenvalue weighted by molar-refractivity contribution is 5.90. The lowest BCUT2D eigenvalue weighted by molar-refractivity contribution is -0.118. The normalized spacial score (nSPS) is 14.3. The molecule has 0 saturated carbocycles. The lowest BCUT2D eigenvalue weighted by Crippen LogP contribution is -2.29. The van der Waals surface area contributed by atoms with Gasteiger partial charge in [0.05, 0.1) is 23.8 Å². The van der Waals surface area contributed by atoms with E-state index >= 15 is 0 Å². The van der Waals surface area contributed by atoms with Gasteiger partial charge in [0.15, 0.2) is 0 Å². The standard InChI is InChI=1S/C17H31N3O2/c1-11(2)12(21)9-15(22)18-14-10-13(16(3,4)5)19-20(14)17(6,7)8/h10-12,21H,9H2,1-8H3,(H,18,22). The van der Waals surface area contributed by atoms with Gasteiger partial charge in [-0.3, -0.25) is 4.79 Å². The van der Waals surface area contributed by atoms with Gasteiger partial charge in [-0.05, 0) is 26.7 Å². The first-order valence-electron chi connectivity index (χ1n) is 7.91. The molecule has 5 nitrogen and oxygen atoms in total. The number of carbonyl (C=O) groups excluding carboxylic acids is 1. The van der Waals surface area contributed by atoms with Gasteiger partial charge in [-0.2, -0.15) is 5.10 Å². The SMILES string of the molecule is CC(C)C(O)CC(=O)Nc1cc(C(C)(C)C)nn1C(C)(C)C. The fourth-order valence-corrected chi connectivity index (χ4v) is 1.97. The summed E-state index contributed by atoms with van der Waals surface area (Å²) in [5.74, 6) is 0.550. The molecule has 0 radical (unpaired) electrons. The Labute approximate surface area is 134 Å². The van der Waals surface area contributed by atoms with E-state index in [-0.39, 0.29) is 29.2 Å². The van der Waals surface area contributed by atoms with E-state index < -0.39 is 6.10 Å². The van der Waals surface area contributed by atoms with Crippen molar-refractivity contribution in [1.29, 1.82) is 0 Å². The molecule has 126 valence electrons. The second kappa shape index (κ2) is 6.41. The van der Waals surface area contributed by atoms with Gasteiger partial charge in [-0.1, -0.05) is 34.6 Å². The monoisotopic (exact) mass is 309 g/mol. The Morgan fingerprint density at radius 1 is 1.27 bits per heavy atom. The molecule has 1 atom stereocenters. The van der Waals surface area contributed by atoms with Gasteiger partial charge in [0.25, 0.3) is 0 Å². The van der Waals surface area contributed by atoms with E-state index in [9.17, 15) is 9.90 Å². The minimum Gasteiger partial charge on any atom is -0.392 e. The van der Waals surface area contributed by atoms with Crippen LogP contribution in [0, 0.1) is 5.92 Å². The van der Waals surface area contributed by atoms with Crippen molar-refractivity contribution in [1.82, 2.24) is 9.78 Å². The van der Waals surface area contributed by atoms with Crippen LogP contribution in [0.15, 0.2) is 6.07 Å². The third kappa shape index (κ3) is 4.83. The van der Waals surface area contributed by atoms with Gasteiger partial charge in [-0.25, -0.2) is 4.68 Å². The number of carbonyl (C=O) groups is 1. The lowest BCUT2D eigenvalue weighted by atomic mass is 9.92. The lowest BCUT2D eigenvalue weighted by Gasteiger charge is -2.23. The molecule has 2 N–H and O–H groups in total. The first kappa shape index (κ1) is 18.7. The maximum atomic E-state index is 12.2. The Kier molecular flexibility index (Phi) is 5.44. The van der Waals surface area contributed by atoms with Crippen LogP contribution in [0.25, 0.3) is 0 Å². The van der Waals surface area contributed by atoms with Crippen LogP contribution in [0.3, 0.4) is 0 Å². The molecule has 1 rings (SSSR count). The van der Waals surface area contributed by atoms with Crippen molar-refractivity contribution in [2.24, 2.45) is 5.92 Å². The summed E-state index contributed by atoms with van der Waals surface area (Å²) in [7, 11) is 0. The first-order valence-corrected chi connectivity index (χ1v) is 7.91. The zero-order valence-corrected chi connectivity index (χ0v) is 15.2. The quantitative estimate of drug-likeness (QED) is 0.897. The number of hydrogen-bond donors (Lipinski definition) is 2. The van der Waals surface area contributed by atoms with Crippen molar-refractivity contribution in [3.63, 3.8) is 0 Å². The Morgan fingerprint density at radius 3 is 2.23 bits per heavy atom. The molecule has 0 aliphatic carbocycles. The minimum absolute atomic E-state index is 0.0587. The van der Waals surface area contributed by atoms with Gasteiger partial charge in [0.1, 0.15) is 5.82 Å². The maximum absolute atomic E-state index is 12.2. The van der Waals surface area contributed by atoms with Gasteiger partial charge >= 0.3 is 0 Å². The van der Waals surface area contributed by atoms with E-state index in [1.54, 1.807) is 0 Å². The third-order valence-corrected chi connectivity index (χ3v) is 3.54. The molecule has 1 heterocycles.